The summed E-state index contributed by atoms with van der Waals surface area (Å²) in [5.41, 5.74) is 1.22. The third kappa shape index (κ3) is 4.20. The normalized spacial score (nSPS) is 19.0. The second-order valence-corrected chi connectivity index (χ2v) is 7.99. The SMILES string of the molecule is O=C(NC[C@@H](c1cccc2ccccc12)N1CCCC1)C(=O)NC1CCCC1. The number of rotatable bonds is 5. The lowest BCUT2D eigenvalue weighted by molar-refractivity contribution is -0.139. The molecular formula is C23H29N3O2. The molecule has 148 valence electrons. The predicted octanol–water partition coefficient (Wildman–Crippen LogP) is 3.15. The summed E-state index contributed by atoms with van der Waals surface area (Å²) in [6.45, 7) is 2.50. The molecule has 5 heteroatoms. The zero-order chi connectivity index (χ0) is 19.3. The van der Waals surface area contributed by atoms with Crippen molar-refractivity contribution in [1.82, 2.24) is 15.5 Å². The molecule has 0 bridgehead atoms. The first-order valence-electron chi connectivity index (χ1n) is 10.5. The van der Waals surface area contributed by atoms with Gasteiger partial charge in [0.25, 0.3) is 0 Å². The van der Waals surface area contributed by atoms with Gasteiger partial charge in [0, 0.05) is 12.6 Å². The van der Waals surface area contributed by atoms with Gasteiger partial charge in [0.15, 0.2) is 0 Å². The fourth-order valence-electron chi connectivity index (χ4n) is 4.62. The van der Waals surface area contributed by atoms with Gasteiger partial charge in [-0.1, -0.05) is 55.3 Å². The van der Waals surface area contributed by atoms with Crippen LogP contribution in [0.1, 0.15) is 50.1 Å². The maximum Gasteiger partial charge on any atom is 0.309 e. The lowest BCUT2D eigenvalue weighted by Gasteiger charge is -2.29. The Kier molecular flexibility index (Phi) is 5.91. The molecule has 0 unspecified atom stereocenters. The fourth-order valence-corrected chi connectivity index (χ4v) is 4.62. The molecule has 2 aromatic rings. The Morgan fingerprint density at radius 1 is 0.929 bits per heavy atom. The average molecular weight is 380 g/mol. The van der Waals surface area contributed by atoms with E-state index in [1.807, 2.05) is 6.07 Å². The van der Waals surface area contributed by atoms with Crippen molar-refractivity contribution >= 4 is 22.6 Å². The van der Waals surface area contributed by atoms with Gasteiger partial charge in [0.2, 0.25) is 0 Å². The van der Waals surface area contributed by atoms with E-state index in [1.165, 1.54) is 29.2 Å². The molecule has 1 heterocycles. The van der Waals surface area contributed by atoms with Crippen molar-refractivity contribution in [2.24, 2.45) is 0 Å². The molecule has 4 rings (SSSR count). The topological polar surface area (TPSA) is 61.4 Å². The summed E-state index contributed by atoms with van der Waals surface area (Å²) in [5.74, 6) is -1.01. The number of nitrogens with one attached hydrogen (secondary N) is 2. The van der Waals surface area contributed by atoms with Crippen molar-refractivity contribution < 1.29 is 9.59 Å². The monoisotopic (exact) mass is 379 g/mol. The van der Waals surface area contributed by atoms with Gasteiger partial charge >= 0.3 is 11.8 Å². The third-order valence-corrected chi connectivity index (χ3v) is 6.12. The number of amides is 2. The Bertz CT molecular complexity index is 833. The van der Waals surface area contributed by atoms with Crippen molar-refractivity contribution in [3.63, 3.8) is 0 Å². The minimum Gasteiger partial charge on any atom is -0.346 e. The molecule has 5 nitrogen and oxygen atoms in total. The quantitative estimate of drug-likeness (QED) is 0.785. The summed E-state index contributed by atoms with van der Waals surface area (Å²) in [6.07, 6.45) is 6.57. The molecule has 1 saturated carbocycles. The van der Waals surface area contributed by atoms with E-state index in [1.54, 1.807) is 0 Å². The van der Waals surface area contributed by atoms with Crippen LogP contribution in [0.25, 0.3) is 10.8 Å². The van der Waals surface area contributed by atoms with Gasteiger partial charge in [0.1, 0.15) is 0 Å². The molecular weight excluding hydrogens is 350 g/mol. The number of hydrogen-bond acceptors (Lipinski definition) is 3. The second kappa shape index (κ2) is 8.74. The highest BCUT2D eigenvalue weighted by atomic mass is 16.2. The van der Waals surface area contributed by atoms with Crippen LogP contribution in [-0.4, -0.2) is 42.4 Å². The summed E-state index contributed by atoms with van der Waals surface area (Å²) in [5, 5.41) is 8.20. The van der Waals surface area contributed by atoms with E-state index < -0.39 is 11.8 Å². The van der Waals surface area contributed by atoms with Crippen LogP contribution < -0.4 is 10.6 Å². The molecule has 28 heavy (non-hydrogen) atoms. The van der Waals surface area contributed by atoms with E-state index in [0.29, 0.717) is 6.54 Å². The molecule has 0 spiro atoms. The van der Waals surface area contributed by atoms with E-state index in [4.69, 9.17) is 0 Å². The first kappa shape index (κ1) is 18.9. The Hall–Kier alpha value is -2.40. The molecule has 1 aliphatic carbocycles. The molecule has 2 N–H and O–H groups in total. The van der Waals surface area contributed by atoms with E-state index in [9.17, 15) is 9.59 Å². The maximum absolute atomic E-state index is 12.4. The summed E-state index contributed by atoms with van der Waals surface area (Å²) >= 11 is 0. The van der Waals surface area contributed by atoms with Gasteiger partial charge < -0.3 is 10.6 Å². The van der Waals surface area contributed by atoms with Crippen molar-refractivity contribution in [3.05, 3.63) is 48.0 Å². The summed E-state index contributed by atoms with van der Waals surface area (Å²) in [6, 6.07) is 14.9. The fraction of sp³-hybridized carbons (Fsp3) is 0.478. The number of benzene rings is 2. The zero-order valence-corrected chi connectivity index (χ0v) is 16.3. The van der Waals surface area contributed by atoms with Crippen molar-refractivity contribution in [2.45, 2.75) is 50.6 Å². The number of fused-ring (bicyclic) bond motifs is 1. The van der Waals surface area contributed by atoms with E-state index >= 15 is 0 Å². The largest absolute Gasteiger partial charge is 0.346 e. The lowest BCUT2D eigenvalue weighted by atomic mass is 9.97. The van der Waals surface area contributed by atoms with Gasteiger partial charge in [-0.3, -0.25) is 14.5 Å². The Balaban J connectivity index is 1.49. The van der Waals surface area contributed by atoms with Gasteiger partial charge in [-0.25, -0.2) is 0 Å². The average Bonchev–Trinajstić information content (AvgIpc) is 3.42. The first-order chi connectivity index (χ1) is 13.7. The smallest absolute Gasteiger partial charge is 0.309 e. The van der Waals surface area contributed by atoms with E-state index in [2.05, 4.69) is 51.9 Å². The molecule has 1 aliphatic heterocycles. The van der Waals surface area contributed by atoms with Crippen LogP contribution in [0, 0.1) is 0 Å². The van der Waals surface area contributed by atoms with Crippen LogP contribution in [0.3, 0.4) is 0 Å². The standard InChI is InChI=1S/C23H29N3O2/c27-22(23(28)25-18-10-2-3-11-18)24-16-21(26-14-5-6-15-26)20-13-7-9-17-8-1-4-12-19(17)20/h1,4,7-9,12-13,18,21H,2-3,5-6,10-11,14-16H2,(H,24,27)(H,25,28)/t21-/m0/s1. The van der Waals surface area contributed by atoms with Crippen LogP contribution in [-0.2, 0) is 9.59 Å². The summed E-state index contributed by atoms with van der Waals surface area (Å²) in [7, 11) is 0. The first-order valence-corrected chi connectivity index (χ1v) is 10.5. The third-order valence-electron chi connectivity index (χ3n) is 6.12. The number of nitrogens with zero attached hydrogens (tertiary/aromatic N) is 1. The number of carbonyl (C=O) groups is 2. The van der Waals surface area contributed by atoms with Crippen LogP contribution in [0.15, 0.2) is 42.5 Å². The molecule has 1 atom stereocenters. The molecule has 1 saturated heterocycles. The van der Waals surface area contributed by atoms with E-state index in [-0.39, 0.29) is 12.1 Å². The van der Waals surface area contributed by atoms with Gasteiger partial charge in [-0.15, -0.1) is 0 Å². The van der Waals surface area contributed by atoms with Crippen LogP contribution >= 0.6 is 0 Å². The Labute approximate surface area is 166 Å². The molecule has 0 aromatic heterocycles. The van der Waals surface area contributed by atoms with E-state index in [0.717, 1.165) is 38.8 Å². The highest BCUT2D eigenvalue weighted by Gasteiger charge is 2.27. The minimum atomic E-state index is -0.517. The molecule has 2 amide bonds. The Morgan fingerprint density at radius 2 is 1.64 bits per heavy atom. The van der Waals surface area contributed by atoms with Gasteiger partial charge in [-0.2, -0.15) is 0 Å². The highest BCUT2D eigenvalue weighted by molar-refractivity contribution is 6.35. The zero-order valence-electron chi connectivity index (χ0n) is 16.3. The summed E-state index contributed by atoms with van der Waals surface area (Å²) < 4.78 is 0. The molecule has 2 fully saturated rings. The number of likely N-dealkylation sites (tertiary alicyclic amines) is 1. The molecule has 2 aromatic carbocycles. The highest BCUT2D eigenvalue weighted by Crippen LogP contribution is 2.30. The molecule has 0 radical (unpaired) electrons. The molecule has 2 aliphatic rings. The predicted molar refractivity (Wildman–Crippen MR) is 111 cm³/mol. The lowest BCUT2D eigenvalue weighted by Crippen LogP contribution is -2.46. The van der Waals surface area contributed by atoms with Crippen molar-refractivity contribution in [1.29, 1.82) is 0 Å². The summed E-state index contributed by atoms with van der Waals surface area (Å²) in [4.78, 5) is 27.1. The van der Waals surface area contributed by atoms with Crippen molar-refractivity contribution in [2.75, 3.05) is 19.6 Å². The minimum absolute atomic E-state index is 0.0804. The maximum atomic E-state index is 12.4. The number of carbonyl (C=O) groups excluding carboxylic acids is 2. The van der Waals surface area contributed by atoms with Crippen LogP contribution in [0.5, 0.6) is 0 Å². The van der Waals surface area contributed by atoms with Gasteiger partial charge in [-0.05, 0) is 55.1 Å². The Morgan fingerprint density at radius 3 is 2.43 bits per heavy atom. The van der Waals surface area contributed by atoms with Crippen LogP contribution in [0.4, 0.5) is 0 Å². The van der Waals surface area contributed by atoms with Crippen LogP contribution in [0.2, 0.25) is 0 Å². The van der Waals surface area contributed by atoms with Gasteiger partial charge in [0.05, 0.1) is 6.04 Å². The number of hydrogen-bond donors (Lipinski definition) is 2. The second-order valence-electron chi connectivity index (χ2n) is 7.99. The van der Waals surface area contributed by atoms with Crippen molar-refractivity contribution in [3.8, 4) is 0 Å².